The molecule has 112 valence electrons. The maximum Gasteiger partial charge on any atom is 0.246 e. The van der Waals surface area contributed by atoms with Crippen LogP contribution in [0.15, 0.2) is 12.1 Å². The molecule has 0 amide bonds. The van der Waals surface area contributed by atoms with Gasteiger partial charge in [0.15, 0.2) is 5.52 Å². The van der Waals surface area contributed by atoms with Crippen LogP contribution in [0.2, 0.25) is 5.28 Å². The molecule has 0 bridgehead atoms. The second-order valence-corrected chi connectivity index (χ2v) is 6.09. The largest absolute Gasteiger partial charge is 0.492 e. The van der Waals surface area contributed by atoms with Crippen LogP contribution in [0.25, 0.3) is 16.9 Å². The number of hydrogen-bond donors (Lipinski definition) is 1. The molecule has 1 fully saturated rings. The molecule has 1 aliphatic rings. The first-order valence-corrected chi connectivity index (χ1v) is 7.52. The van der Waals surface area contributed by atoms with E-state index in [1.165, 1.54) is 23.2 Å². The van der Waals surface area contributed by atoms with E-state index < -0.39 is 0 Å². The maximum atomic E-state index is 9.82. The summed E-state index contributed by atoms with van der Waals surface area (Å²) in [6.07, 6.45) is 2.54. The van der Waals surface area contributed by atoms with Gasteiger partial charge in [-0.15, -0.1) is 15.0 Å². The van der Waals surface area contributed by atoms with Crippen LogP contribution < -0.4 is 0 Å². The Hall–Kier alpha value is -2.21. The van der Waals surface area contributed by atoms with Crippen molar-refractivity contribution in [2.75, 3.05) is 0 Å². The van der Waals surface area contributed by atoms with Gasteiger partial charge < -0.3 is 5.11 Å². The Morgan fingerprint density at radius 2 is 1.82 bits per heavy atom. The summed E-state index contributed by atoms with van der Waals surface area (Å²) in [6, 6.07) is 4.37. The van der Waals surface area contributed by atoms with Gasteiger partial charge in [-0.3, -0.25) is 0 Å². The average Bonchev–Trinajstić information content (AvgIpc) is 3.19. The Morgan fingerprint density at radius 3 is 2.45 bits per heavy atom. The lowest BCUT2D eigenvalue weighted by atomic mass is 10.0. The SMILES string of the molecule is Cc1cc(C2CC2)cc(C)c1-n1nc2nc(Cl)nc(O)c2n1. The van der Waals surface area contributed by atoms with E-state index in [0.717, 1.165) is 16.8 Å². The van der Waals surface area contributed by atoms with E-state index in [2.05, 4.69) is 32.3 Å². The number of benzene rings is 1. The van der Waals surface area contributed by atoms with Crippen molar-refractivity contribution in [1.29, 1.82) is 0 Å². The van der Waals surface area contributed by atoms with E-state index in [4.69, 9.17) is 11.6 Å². The highest BCUT2D eigenvalue weighted by Gasteiger charge is 2.25. The second kappa shape index (κ2) is 4.64. The predicted octanol–water partition coefficient (Wildman–Crippen LogP) is 3.06. The fourth-order valence-electron chi connectivity index (χ4n) is 2.83. The first kappa shape index (κ1) is 13.5. The first-order chi connectivity index (χ1) is 10.5. The topological polar surface area (TPSA) is 76.7 Å². The van der Waals surface area contributed by atoms with Crippen molar-refractivity contribution in [2.24, 2.45) is 0 Å². The molecule has 3 aromatic rings. The second-order valence-electron chi connectivity index (χ2n) is 5.76. The molecule has 7 heteroatoms. The van der Waals surface area contributed by atoms with Gasteiger partial charge >= 0.3 is 0 Å². The minimum Gasteiger partial charge on any atom is -0.492 e. The molecule has 1 N–H and O–H groups in total. The van der Waals surface area contributed by atoms with Gasteiger partial charge in [0, 0.05) is 0 Å². The number of aromatic nitrogens is 5. The molecule has 0 radical (unpaired) electrons. The van der Waals surface area contributed by atoms with Gasteiger partial charge in [0.1, 0.15) is 0 Å². The molecule has 4 rings (SSSR count). The Labute approximate surface area is 131 Å². The summed E-state index contributed by atoms with van der Waals surface area (Å²) in [5.74, 6) is 0.441. The minimum absolute atomic E-state index is 0.0467. The Bertz CT molecular complexity index is 877. The van der Waals surface area contributed by atoms with Gasteiger partial charge in [0.2, 0.25) is 16.8 Å². The highest BCUT2D eigenvalue weighted by molar-refractivity contribution is 6.28. The standard InChI is InChI=1S/C15H14ClN5O/c1-7-5-10(9-3-4-9)6-8(2)12(7)21-19-11-13(20-21)17-15(16)18-14(11)22/h5-6,9H,3-4H2,1-2H3,(H,17,18,20,22). The van der Waals surface area contributed by atoms with Gasteiger partial charge in [-0.25, -0.2) is 0 Å². The lowest BCUT2D eigenvalue weighted by Crippen LogP contribution is -2.04. The Morgan fingerprint density at radius 1 is 1.14 bits per heavy atom. The van der Waals surface area contributed by atoms with Gasteiger partial charge in [-0.2, -0.15) is 9.97 Å². The lowest BCUT2D eigenvalue weighted by Gasteiger charge is -2.11. The fourth-order valence-corrected chi connectivity index (χ4v) is 2.99. The normalized spacial score (nSPS) is 14.7. The van der Waals surface area contributed by atoms with Crippen molar-refractivity contribution in [3.8, 4) is 11.6 Å². The molecule has 2 aromatic heterocycles. The van der Waals surface area contributed by atoms with E-state index in [1.54, 1.807) is 0 Å². The van der Waals surface area contributed by atoms with E-state index in [9.17, 15) is 5.11 Å². The third kappa shape index (κ3) is 2.11. The highest BCUT2D eigenvalue weighted by Crippen LogP contribution is 2.41. The van der Waals surface area contributed by atoms with Crippen molar-refractivity contribution in [2.45, 2.75) is 32.6 Å². The smallest absolute Gasteiger partial charge is 0.246 e. The first-order valence-electron chi connectivity index (χ1n) is 7.14. The van der Waals surface area contributed by atoms with E-state index in [0.29, 0.717) is 5.92 Å². The average molecular weight is 316 g/mol. The summed E-state index contributed by atoms with van der Waals surface area (Å²) in [4.78, 5) is 9.19. The molecule has 2 heterocycles. The molecule has 0 saturated heterocycles. The third-order valence-electron chi connectivity index (χ3n) is 3.97. The van der Waals surface area contributed by atoms with E-state index >= 15 is 0 Å². The summed E-state index contributed by atoms with van der Waals surface area (Å²) < 4.78 is 0. The third-order valence-corrected chi connectivity index (χ3v) is 4.14. The molecule has 0 atom stereocenters. The molecule has 0 aliphatic heterocycles. The number of aromatic hydroxyl groups is 1. The van der Waals surface area contributed by atoms with Crippen LogP contribution in [0.4, 0.5) is 0 Å². The number of aryl methyl sites for hydroxylation is 2. The quantitative estimate of drug-likeness (QED) is 0.735. The molecule has 1 aromatic carbocycles. The van der Waals surface area contributed by atoms with Crippen molar-refractivity contribution in [3.63, 3.8) is 0 Å². The number of halogens is 1. The molecule has 0 unspecified atom stereocenters. The highest BCUT2D eigenvalue weighted by atomic mass is 35.5. The van der Waals surface area contributed by atoms with Gasteiger partial charge in [-0.1, -0.05) is 12.1 Å². The molecular weight excluding hydrogens is 302 g/mol. The van der Waals surface area contributed by atoms with Crippen molar-refractivity contribution in [3.05, 3.63) is 34.1 Å². The van der Waals surface area contributed by atoms with Gasteiger partial charge in [-0.05, 0) is 60.9 Å². The summed E-state index contributed by atoms with van der Waals surface area (Å²) in [5, 5.41) is 18.4. The van der Waals surface area contributed by atoms with Crippen LogP contribution in [0.3, 0.4) is 0 Å². The van der Waals surface area contributed by atoms with Crippen LogP contribution in [-0.4, -0.2) is 30.1 Å². The zero-order valence-corrected chi connectivity index (χ0v) is 13.0. The Balaban J connectivity index is 1.89. The van der Waals surface area contributed by atoms with Crippen LogP contribution in [0.5, 0.6) is 5.88 Å². The summed E-state index contributed by atoms with van der Waals surface area (Å²) in [5.41, 5.74) is 5.00. The van der Waals surface area contributed by atoms with Crippen molar-refractivity contribution >= 4 is 22.8 Å². The predicted molar refractivity (Wildman–Crippen MR) is 82.6 cm³/mol. The van der Waals surface area contributed by atoms with Gasteiger partial charge in [0.05, 0.1) is 5.69 Å². The number of hydrogen-bond acceptors (Lipinski definition) is 5. The van der Waals surface area contributed by atoms with E-state index in [1.807, 2.05) is 13.8 Å². The Kier molecular flexibility index (Phi) is 2.84. The minimum atomic E-state index is -0.258. The molecular formula is C15H14ClN5O. The fraction of sp³-hybridized carbons (Fsp3) is 0.333. The number of fused-ring (bicyclic) bond motifs is 1. The monoisotopic (exact) mass is 315 g/mol. The maximum absolute atomic E-state index is 9.82. The van der Waals surface area contributed by atoms with Crippen LogP contribution in [0, 0.1) is 13.8 Å². The summed E-state index contributed by atoms with van der Waals surface area (Å²) in [6.45, 7) is 4.08. The molecule has 1 aliphatic carbocycles. The molecule has 22 heavy (non-hydrogen) atoms. The number of nitrogens with zero attached hydrogens (tertiary/aromatic N) is 5. The van der Waals surface area contributed by atoms with Crippen LogP contribution >= 0.6 is 11.6 Å². The lowest BCUT2D eigenvalue weighted by molar-refractivity contribution is 0.457. The molecule has 1 saturated carbocycles. The summed E-state index contributed by atoms with van der Waals surface area (Å²) in [7, 11) is 0. The van der Waals surface area contributed by atoms with Gasteiger partial charge in [0.25, 0.3) is 0 Å². The zero-order valence-electron chi connectivity index (χ0n) is 12.2. The summed E-state index contributed by atoms with van der Waals surface area (Å²) >= 11 is 5.75. The molecule has 0 spiro atoms. The zero-order chi connectivity index (χ0) is 15.4. The molecule has 6 nitrogen and oxygen atoms in total. The van der Waals surface area contributed by atoms with Crippen molar-refractivity contribution < 1.29 is 5.11 Å². The van der Waals surface area contributed by atoms with Crippen LogP contribution in [-0.2, 0) is 0 Å². The van der Waals surface area contributed by atoms with Crippen molar-refractivity contribution in [1.82, 2.24) is 25.0 Å². The van der Waals surface area contributed by atoms with E-state index in [-0.39, 0.29) is 22.3 Å². The number of rotatable bonds is 2. The van der Waals surface area contributed by atoms with Crippen LogP contribution in [0.1, 0.15) is 35.4 Å².